The van der Waals surface area contributed by atoms with Crippen molar-refractivity contribution in [3.63, 3.8) is 0 Å². The molecule has 2 aromatic carbocycles. The Hall–Kier alpha value is -4.13. The molecule has 268 valence electrons. The van der Waals surface area contributed by atoms with E-state index in [4.69, 9.17) is 33.0 Å². The second-order valence-corrected chi connectivity index (χ2v) is 13.5. The van der Waals surface area contributed by atoms with E-state index in [1.165, 1.54) is 18.2 Å². The molecule has 0 atom stereocenters. The number of ether oxygens (including phenoxy) is 1. The number of hydrogen-bond donors (Lipinski definition) is 1. The van der Waals surface area contributed by atoms with Crippen LogP contribution < -0.4 is 20.9 Å². The standard InChI is InChI=1S/C16H14ClF3N2O4.C14H13ClFN3O3S2/c1-8(2)26-14(24)10-6-9(4-5-11(10)17)22-13(23)7-12(16(18,19)20)21(3)15(22)25;15-8-5-9(16)10(6-11(8)23-7-12(20)21)17-13-18-3-1-2-4-19(18)14(22)24-13/h4-8H,1-3H3;5-6H,1-4,7H2,(H,20,21). The third kappa shape index (κ3) is 8.96. The van der Waals surface area contributed by atoms with Crippen LogP contribution in [0.2, 0.25) is 10.0 Å². The van der Waals surface area contributed by atoms with Crippen LogP contribution in [0, 0.1) is 5.82 Å². The van der Waals surface area contributed by atoms with Gasteiger partial charge in [-0.2, -0.15) is 13.2 Å². The van der Waals surface area contributed by atoms with E-state index in [-0.39, 0.29) is 37.6 Å². The zero-order valence-corrected chi connectivity index (χ0v) is 29.4. The first-order valence-corrected chi connectivity index (χ1v) is 17.0. The first-order valence-electron chi connectivity index (χ1n) is 14.5. The molecule has 1 aliphatic rings. The molecule has 0 saturated heterocycles. The van der Waals surface area contributed by atoms with Gasteiger partial charge in [0.1, 0.15) is 17.2 Å². The number of carbonyl (C=O) groups excluding carboxylic acids is 1. The molecule has 5 rings (SSSR count). The van der Waals surface area contributed by atoms with Gasteiger partial charge in [-0.25, -0.2) is 28.2 Å². The number of aromatic nitrogens is 4. The van der Waals surface area contributed by atoms with Crippen LogP contribution in [0.3, 0.4) is 0 Å². The summed E-state index contributed by atoms with van der Waals surface area (Å²) in [6, 6.07) is 6.43. The van der Waals surface area contributed by atoms with Crippen LogP contribution in [-0.4, -0.2) is 47.4 Å². The Bertz CT molecular complexity index is 2210. The maximum atomic E-state index is 14.2. The third-order valence-corrected chi connectivity index (χ3v) is 9.51. The summed E-state index contributed by atoms with van der Waals surface area (Å²) in [7, 11) is 0.894. The van der Waals surface area contributed by atoms with Crippen molar-refractivity contribution in [2.75, 3.05) is 5.75 Å². The number of carboxylic acid groups (broad SMARTS) is 1. The maximum absolute atomic E-state index is 14.2. The van der Waals surface area contributed by atoms with E-state index in [1.807, 2.05) is 0 Å². The average Bonchev–Trinajstić information content (AvgIpc) is 3.34. The summed E-state index contributed by atoms with van der Waals surface area (Å²) >= 11 is 13.9. The lowest BCUT2D eigenvalue weighted by Gasteiger charge is -2.15. The molecule has 0 unspecified atom stereocenters. The SMILES string of the molecule is CC(C)OC(=O)c1cc(-n2c(=O)cc(C(F)(F)F)n(C)c2=O)ccc1Cl.O=C(O)CSc1cc(N=c2sc(=O)n3n2CCCC3)c(F)cc1Cl. The Morgan fingerprint density at radius 2 is 1.70 bits per heavy atom. The van der Waals surface area contributed by atoms with Crippen LogP contribution in [0.5, 0.6) is 0 Å². The number of hydrogen-bond acceptors (Lipinski definition) is 9. The number of rotatable bonds is 7. The molecule has 50 heavy (non-hydrogen) atoms. The second kappa shape index (κ2) is 15.8. The highest BCUT2D eigenvalue weighted by molar-refractivity contribution is 8.00. The van der Waals surface area contributed by atoms with Crippen LogP contribution in [0.1, 0.15) is 42.7 Å². The van der Waals surface area contributed by atoms with E-state index in [9.17, 15) is 41.5 Å². The molecule has 0 saturated carbocycles. The van der Waals surface area contributed by atoms with E-state index in [0.29, 0.717) is 38.0 Å². The molecular formula is C30H27Cl2F4N5O7S2. The number of thioether (sulfide) groups is 1. The number of fused-ring (bicyclic) bond motifs is 1. The van der Waals surface area contributed by atoms with Crippen LogP contribution in [0.25, 0.3) is 5.69 Å². The number of aliphatic carboxylic acids is 1. The zero-order chi connectivity index (χ0) is 37.1. The molecule has 0 aliphatic carbocycles. The van der Waals surface area contributed by atoms with Gasteiger partial charge in [-0.15, -0.1) is 11.8 Å². The average molecular weight is 781 g/mol. The fraction of sp³-hybridized carbons (Fsp3) is 0.333. The molecule has 4 aromatic rings. The summed E-state index contributed by atoms with van der Waals surface area (Å²) in [5.74, 6) is -2.58. The molecule has 1 N–H and O–H groups in total. The fourth-order valence-corrected chi connectivity index (χ4v) is 6.67. The molecular weight excluding hydrogens is 753 g/mol. The quantitative estimate of drug-likeness (QED) is 0.148. The van der Waals surface area contributed by atoms with Crippen LogP contribution in [0.4, 0.5) is 23.2 Å². The van der Waals surface area contributed by atoms with E-state index < -0.39 is 47.0 Å². The van der Waals surface area contributed by atoms with Crippen molar-refractivity contribution >= 4 is 63.9 Å². The van der Waals surface area contributed by atoms with Gasteiger partial charge in [-0.3, -0.25) is 23.6 Å². The van der Waals surface area contributed by atoms with Crippen molar-refractivity contribution in [3.05, 3.63) is 98.8 Å². The van der Waals surface area contributed by atoms with Gasteiger partial charge in [0.25, 0.3) is 5.56 Å². The first-order chi connectivity index (χ1) is 23.4. The van der Waals surface area contributed by atoms with E-state index in [1.54, 1.807) is 23.2 Å². The molecule has 2 aromatic heterocycles. The molecule has 3 heterocycles. The normalized spacial score (nSPS) is 13.1. The lowest BCUT2D eigenvalue weighted by molar-refractivity contribution is -0.144. The Balaban J connectivity index is 0.000000225. The second-order valence-electron chi connectivity index (χ2n) is 10.8. The summed E-state index contributed by atoms with van der Waals surface area (Å²) in [5.41, 5.74) is -3.97. The summed E-state index contributed by atoms with van der Waals surface area (Å²) in [6.45, 7) is 4.53. The van der Waals surface area contributed by atoms with Gasteiger partial charge in [-0.1, -0.05) is 23.2 Å². The van der Waals surface area contributed by atoms with Crippen molar-refractivity contribution < 1.29 is 37.0 Å². The molecule has 12 nitrogen and oxygen atoms in total. The highest BCUT2D eigenvalue weighted by Crippen LogP contribution is 2.33. The summed E-state index contributed by atoms with van der Waals surface area (Å²) in [6.07, 6.45) is -3.43. The van der Waals surface area contributed by atoms with E-state index in [0.717, 1.165) is 55.1 Å². The minimum atomic E-state index is -4.86. The Morgan fingerprint density at radius 1 is 1.04 bits per heavy atom. The van der Waals surface area contributed by atoms with Crippen molar-refractivity contribution in [2.45, 2.75) is 57.0 Å². The van der Waals surface area contributed by atoms with Gasteiger partial charge >= 0.3 is 28.7 Å². The molecule has 0 amide bonds. The van der Waals surface area contributed by atoms with Crippen LogP contribution in [0.15, 0.2) is 60.7 Å². The van der Waals surface area contributed by atoms with E-state index >= 15 is 0 Å². The van der Waals surface area contributed by atoms with Gasteiger partial charge in [0.05, 0.1) is 33.2 Å². The molecule has 0 bridgehead atoms. The lowest BCUT2D eigenvalue weighted by atomic mass is 10.2. The molecule has 0 radical (unpaired) electrons. The summed E-state index contributed by atoms with van der Waals surface area (Å²) in [5, 5.41) is 8.91. The lowest BCUT2D eigenvalue weighted by Crippen LogP contribution is -2.40. The molecule has 0 fully saturated rings. The topological polar surface area (TPSA) is 147 Å². The van der Waals surface area contributed by atoms with Crippen LogP contribution >= 0.6 is 46.3 Å². The molecule has 20 heteroatoms. The largest absolute Gasteiger partial charge is 0.481 e. The maximum Gasteiger partial charge on any atom is 0.431 e. The van der Waals surface area contributed by atoms with Crippen LogP contribution in [-0.2, 0) is 35.8 Å². The Labute approximate surface area is 297 Å². The van der Waals surface area contributed by atoms with Gasteiger partial charge in [0.15, 0.2) is 0 Å². The highest BCUT2D eigenvalue weighted by Gasteiger charge is 2.35. The number of halogens is 6. The van der Waals surface area contributed by atoms with Crippen molar-refractivity contribution in [1.29, 1.82) is 0 Å². The highest BCUT2D eigenvalue weighted by atomic mass is 35.5. The fourth-order valence-electron chi connectivity index (χ4n) is 4.60. The van der Waals surface area contributed by atoms with Crippen molar-refractivity contribution in [2.24, 2.45) is 12.0 Å². The smallest absolute Gasteiger partial charge is 0.431 e. The zero-order valence-electron chi connectivity index (χ0n) is 26.3. The number of alkyl halides is 3. The number of esters is 1. The predicted octanol–water partition coefficient (Wildman–Crippen LogP) is 5.48. The molecule has 1 aliphatic heterocycles. The third-order valence-electron chi connectivity index (χ3n) is 6.84. The first kappa shape index (κ1) is 38.7. The minimum absolute atomic E-state index is 0.0104. The number of carbonyl (C=O) groups is 2. The predicted molar refractivity (Wildman–Crippen MR) is 179 cm³/mol. The van der Waals surface area contributed by atoms with Gasteiger partial charge in [-0.05, 0) is 68.4 Å². The minimum Gasteiger partial charge on any atom is -0.481 e. The van der Waals surface area contributed by atoms with E-state index in [2.05, 4.69) is 4.99 Å². The van der Waals surface area contributed by atoms with Gasteiger partial charge in [0.2, 0.25) is 4.80 Å². The van der Waals surface area contributed by atoms with Crippen molar-refractivity contribution in [3.8, 4) is 5.69 Å². The summed E-state index contributed by atoms with van der Waals surface area (Å²) in [4.78, 5) is 64.1. The van der Waals surface area contributed by atoms with Gasteiger partial charge < -0.3 is 9.84 Å². The molecule has 0 spiro atoms. The Kier molecular flexibility index (Phi) is 12.2. The summed E-state index contributed by atoms with van der Waals surface area (Å²) < 4.78 is 62.1. The number of benzene rings is 2. The number of nitrogens with zero attached hydrogens (tertiary/aromatic N) is 5. The monoisotopic (exact) mass is 779 g/mol. The van der Waals surface area contributed by atoms with Gasteiger partial charge in [0, 0.05) is 31.1 Å². The Morgan fingerprint density at radius 3 is 2.32 bits per heavy atom. The number of carboxylic acids is 1. The van der Waals surface area contributed by atoms with Crippen molar-refractivity contribution in [1.82, 2.24) is 18.5 Å².